The standard InChI is InChI=1S/C16H27N/c1-4-14(3)13-17-16(5-2)12-11-15-9-7-6-8-10-15/h5,15H,2-4,6-13H2,1H3. The van der Waals surface area contributed by atoms with E-state index >= 15 is 0 Å². The fourth-order valence-corrected chi connectivity index (χ4v) is 2.40. The van der Waals surface area contributed by atoms with Gasteiger partial charge in [0.15, 0.2) is 0 Å². The molecule has 0 spiro atoms. The van der Waals surface area contributed by atoms with Crippen molar-refractivity contribution in [2.45, 2.75) is 58.3 Å². The first kappa shape index (κ1) is 14.2. The third-order valence-corrected chi connectivity index (χ3v) is 3.77. The lowest BCUT2D eigenvalue weighted by Gasteiger charge is -2.21. The molecule has 1 aliphatic carbocycles. The molecule has 1 rings (SSSR count). The van der Waals surface area contributed by atoms with Crippen LogP contribution >= 0.6 is 0 Å². The van der Waals surface area contributed by atoms with E-state index in [1.807, 2.05) is 6.08 Å². The first-order chi connectivity index (χ1) is 8.26. The molecule has 1 aliphatic rings. The van der Waals surface area contributed by atoms with Gasteiger partial charge in [-0.3, -0.25) is 4.99 Å². The first-order valence-corrected chi connectivity index (χ1v) is 7.08. The van der Waals surface area contributed by atoms with Crippen LogP contribution in [0.1, 0.15) is 58.3 Å². The third-order valence-electron chi connectivity index (χ3n) is 3.77. The molecule has 0 aliphatic heterocycles. The van der Waals surface area contributed by atoms with Crippen molar-refractivity contribution in [3.8, 4) is 0 Å². The van der Waals surface area contributed by atoms with Crippen LogP contribution in [-0.4, -0.2) is 12.3 Å². The number of hydrogen-bond acceptors (Lipinski definition) is 1. The van der Waals surface area contributed by atoms with Gasteiger partial charge in [0.1, 0.15) is 0 Å². The monoisotopic (exact) mass is 233 g/mol. The zero-order valence-corrected chi connectivity index (χ0v) is 11.4. The van der Waals surface area contributed by atoms with Crippen LogP contribution in [-0.2, 0) is 0 Å². The van der Waals surface area contributed by atoms with E-state index in [1.165, 1.54) is 49.8 Å². The van der Waals surface area contributed by atoms with Crippen molar-refractivity contribution in [1.29, 1.82) is 0 Å². The Morgan fingerprint density at radius 2 is 2.00 bits per heavy atom. The number of hydrogen-bond donors (Lipinski definition) is 0. The Morgan fingerprint density at radius 1 is 1.29 bits per heavy atom. The van der Waals surface area contributed by atoms with Gasteiger partial charge in [0.25, 0.3) is 0 Å². The van der Waals surface area contributed by atoms with Crippen molar-refractivity contribution in [1.82, 2.24) is 0 Å². The van der Waals surface area contributed by atoms with Crippen molar-refractivity contribution in [2.24, 2.45) is 10.9 Å². The summed E-state index contributed by atoms with van der Waals surface area (Å²) in [5.41, 5.74) is 2.38. The fraction of sp³-hybridized carbons (Fsp3) is 0.688. The van der Waals surface area contributed by atoms with Crippen molar-refractivity contribution >= 4 is 5.71 Å². The first-order valence-electron chi connectivity index (χ1n) is 7.08. The average molecular weight is 233 g/mol. The van der Waals surface area contributed by atoms with E-state index in [-0.39, 0.29) is 0 Å². The highest BCUT2D eigenvalue weighted by Crippen LogP contribution is 2.27. The summed E-state index contributed by atoms with van der Waals surface area (Å²) in [6.07, 6.45) is 12.5. The minimum atomic E-state index is 0.780. The summed E-state index contributed by atoms with van der Waals surface area (Å²) in [6, 6.07) is 0. The summed E-state index contributed by atoms with van der Waals surface area (Å²) in [7, 11) is 0. The van der Waals surface area contributed by atoms with E-state index < -0.39 is 0 Å². The van der Waals surface area contributed by atoms with Crippen LogP contribution in [0.2, 0.25) is 0 Å². The number of aliphatic imine (C=N–C) groups is 1. The highest BCUT2D eigenvalue weighted by molar-refractivity contribution is 5.94. The lowest BCUT2D eigenvalue weighted by molar-refractivity contribution is 0.343. The molecule has 0 saturated heterocycles. The molecule has 0 aromatic carbocycles. The average Bonchev–Trinajstić information content (AvgIpc) is 2.39. The van der Waals surface area contributed by atoms with Crippen molar-refractivity contribution in [2.75, 3.05) is 6.54 Å². The molecule has 0 aromatic rings. The minimum Gasteiger partial charge on any atom is -0.285 e. The molecule has 1 heteroatoms. The fourth-order valence-electron chi connectivity index (χ4n) is 2.40. The van der Waals surface area contributed by atoms with Gasteiger partial charge in [0, 0.05) is 5.71 Å². The van der Waals surface area contributed by atoms with E-state index in [9.17, 15) is 0 Å². The molecule has 0 N–H and O–H groups in total. The number of rotatable bonds is 7. The lowest BCUT2D eigenvalue weighted by atomic mass is 9.85. The molecule has 0 heterocycles. The second-order valence-electron chi connectivity index (χ2n) is 5.16. The lowest BCUT2D eigenvalue weighted by Crippen LogP contribution is -2.08. The summed E-state index contributed by atoms with van der Waals surface area (Å²) >= 11 is 0. The van der Waals surface area contributed by atoms with Gasteiger partial charge in [0.2, 0.25) is 0 Å². The normalized spacial score (nSPS) is 18.1. The van der Waals surface area contributed by atoms with Crippen LogP contribution in [0.4, 0.5) is 0 Å². The zero-order valence-electron chi connectivity index (χ0n) is 11.4. The largest absolute Gasteiger partial charge is 0.285 e. The molecule has 0 aromatic heterocycles. The molecule has 0 atom stereocenters. The van der Waals surface area contributed by atoms with Gasteiger partial charge in [0.05, 0.1) is 6.54 Å². The van der Waals surface area contributed by atoms with Crippen molar-refractivity contribution in [3.05, 3.63) is 24.8 Å². The molecule has 0 radical (unpaired) electrons. The van der Waals surface area contributed by atoms with E-state index in [1.54, 1.807) is 0 Å². The Morgan fingerprint density at radius 3 is 2.59 bits per heavy atom. The van der Waals surface area contributed by atoms with Crippen molar-refractivity contribution in [3.63, 3.8) is 0 Å². The summed E-state index contributed by atoms with van der Waals surface area (Å²) in [6.45, 7) is 10.8. The second-order valence-corrected chi connectivity index (χ2v) is 5.16. The van der Waals surface area contributed by atoms with Crippen LogP contribution in [0.25, 0.3) is 0 Å². The zero-order chi connectivity index (χ0) is 12.5. The van der Waals surface area contributed by atoms with Crippen LogP contribution in [0, 0.1) is 5.92 Å². The van der Waals surface area contributed by atoms with Gasteiger partial charge in [-0.2, -0.15) is 0 Å². The molecule has 1 fully saturated rings. The van der Waals surface area contributed by atoms with Gasteiger partial charge in [-0.15, -0.1) is 0 Å². The smallest absolute Gasteiger partial charge is 0.0600 e. The SMILES string of the molecule is C=CC(CCC1CCCCC1)=NCC(=C)CC. The summed E-state index contributed by atoms with van der Waals surface area (Å²) in [4.78, 5) is 4.60. The molecule has 0 bridgehead atoms. The summed E-state index contributed by atoms with van der Waals surface area (Å²) in [5.74, 6) is 0.934. The van der Waals surface area contributed by atoms with Gasteiger partial charge in [-0.05, 0) is 31.3 Å². The van der Waals surface area contributed by atoms with E-state index in [0.29, 0.717) is 0 Å². The number of allylic oxidation sites excluding steroid dienone is 1. The summed E-state index contributed by atoms with van der Waals surface area (Å²) in [5, 5.41) is 0. The maximum absolute atomic E-state index is 4.60. The Labute approximate surface area is 107 Å². The quantitative estimate of drug-likeness (QED) is 0.436. The maximum atomic E-state index is 4.60. The highest BCUT2D eigenvalue weighted by atomic mass is 14.7. The van der Waals surface area contributed by atoms with Crippen LogP contribution in [0.5, 0.6) is 0 Å². The molecule has 96 valence electrons. The van der Waals surface area contributed by atoms with Crippen LogP contribution in [0.15, 0.2) is 29.8 Å². The Hall–Kier alpha value is -0.850. The molecular formula is C16H27N. The van der Waals surface area contributed by atoms with E-state index in [4.69, 9.17) is 0 Å². The van der Waals surface area contributed by atoms with Gasteiger partial charge in [-0.25, -0.2) is 0 Å². The molecule has 0 unspecified atom stereocenters. The minimum absolute atomic E-state index is 0.780. The summed E-state index contributed by atoms with van der Waals surface area (Å²) < 4.78 is 0. The highest BCUT2D eigenvalue weighted by Gasteiger charge is 2.13. The topological polar surface area (TPSA) is 12.4 Å². The Balaban J connectivity index is 2.30. The molecule has 17 heavy (non-hydrogen) atoms. The third kappa shape index (κ3) is 5.86. The second kappa shape index (κ2) is 8.27. The van der Waals surface area contributed by atoms with E-state index in [2.05, 4.69) is 25.1 Å². The molecule has 1 nitrogen and oxygen atoms in total. The molecule has 1 saturated carbocycles. The van der Waals surface area contributed by atoms with Gasteiger partial charge < -0.3 is 0 Å². The van der Waals surface area contributed by atoms with Gasteiger partial charge in [-0.1, -0.05) is 57.8 Å². The molecular weight excluding hydrogens is 206 g/mol. The van der Waals surface area contributed by atoms with Gasteiger partial charge >= 0.3 is 0 Å². The molecule has 0 amide bonds. The maximum Gasteiger partial charge on any atom is 0.0600 e. The van der Waals surface area contributed by atoms with Crippen LogP contribution < -0.4 is 0 Å². The van der Waals surface area contributed by atoms with Crippen LogP contribution in [0.3, 0.4) is 0 Å². The predicted molar refractivity (Wildman–Crippen MR) is 77.7 cm³/mol. The Bertz CT molecular complexity index is 269. The predicted octanol–water partition coefficient (Wildman–Crippen LogP) is 4.94. The van der Waals surface area contributed by atoms with Crippen molar-refractivity contribution < 1.29 is 0 Å². The number of nitrogens with zero attached hydrogens (tertiary/aromatic N) is 1. The van der Waals surface area contributed by atoms with E-state index in [0.717, 1.165) is 25.3 Å². The Kier molecular flexibility index (Phi) is 6.91.